The van der Waals surface area contributed by atoms with Crippen molar-refractivity contribution >= 4 is 18.3 Å². The summed E-state index contributed by atoms with van der Waals surface area (Å²) >= 11 is 0. The number of nitrogens with two attached hydrogens (primary N) is 1. The maximum absolute atomic E-state index is 11.5. The molecule has 19 heavy (non-hydrogen) atoms. The van der Waals surface area contributed by atoms with Crippen molar-refractivity contribution in [3.8, 4) is 11.5 Å². The summed E-state index contributed by atoms with van der Waals surface area (Å²) < 4.78 is 10.6. The number of likely N-dealkylation sites (N-methyl/N-ethyl adjacent to an activating group) is 1. The molecule has 0 aromatic heterocycles. The van der Waals surface area contributed by atoms with E-state index >= 15 is 0 Å². The van der Waals surface area contributed by atoms with Crippen LogP contribution in [0.4, 0.5) is 0 Å². The highest BCUT2D eigenvalue weighted by atomic mass is 35.5. The molecular weight excluding hydrogens is 268 g/mol. The van der Waals surface area contributed by atoms with E-state index in [-0.39, 0.29) is 18.3 Å². The van der Waals surface area contributed by atoms with Crippen LogP contribution < -0.4 is 15.2 Å². The Morgan fingerprint density at radius 2 is 1.84 bits per heavy atom. The van der Waals surface area contributed by atoms with Crippen molar-refractivity contribution in [1.29, 1.82) is 0 Å². The molecule has 0 saturated carbocycles. The van der Waals surface area contributed by atoms with E-state index in [2.05, 4.69) is 0 Å². The number of ether oxygens (including phenoxy) is 2. The van der Waals surface area contributed by atoms with Gasteiger partial charge < -0.3 is 20.1 Å². The quantitative estimate of drug-likeness (QED) is 0.857. The van der Waals surface area contributed by atoms with Crippen LogP contribution in [-0.4, -0.2) is 44.2 Å². The molecule has 2 N–H and O–H groups in total. The lowest BCUT2D eigenvalue weighted by molar-refractivity contribution is -0.131. The number of hydrogen-bond acceptors (Lipinski definition) is 4. The van der Waals surface area contributed by atoms with Gasteiger partial charge in [-0.2, -0.15) is 0 Å². The molecule has 0 aliphatic rings. The summed E-state index contributed by atoms with van der Waals surface area (Å²) in [6, 6.07) is 6.83. The van der Waals surface area contributed by atoms with Crippen LogP contribution in [-0.2, 0) is 4.79 Å². The zero-order valence-electron chi connectivity index (χ0n) is 11.5. The predicted octanol–water partition coefficient (Wildman–Crippen LogP) is 1.30. The van der Waals surface area contributed by atoms with Crippen molar-refractivity contribution in [1.82, 2.24) is 4.90 Å². The monoisotopic (exact) mass is 288 g/mol. The lowest BCUT2D eigenvalue weighted by Gasteiger charge is -2.19. The van der Waals surface area contributed by atoms with Crippen LogP contribution in [0, 0.1) is 0 Å². The second kappa shape index (κ2) is 8.61. The summed E-state index contributed by atoms with van der Waals surface area (Å²) in [7, 11) is 3.33. The summed E-state index contributed by atoms with van der Waals surface area (Å²) in [5.41, 5.74) is 5.51. The van der Waals surface area contributed by atoms with Gasteiger partial charge in [-0.05, 0) is 31.2 Å². The zero-order chi connectivity index (χ0) is 13.5. The van der Waals surface area contributed by atoms with Crippen molar-refractivity contribution < 1.29 is 14.3 Å². The van der Waals surface area contributed by atoms with Crippen LogP contribution in [0.1, 0.15) is 6.92 Å². The molecule has 1 amide bonds. The first-order valence-corrected chi connectivity index (χ1v) is 5.82. The van der Waals surface area contributed by atoms with Crippen LogP contribution in [0.3, 0.4) is 0 Å². The Bertz CT molecular complexity index is 382. The van der Waals surface area contributed by atoms with Crippen molar-refractivity contribution in [3.05, 3.63) is 24.3 Å². The van der Waals surface area contributed by atoms with E-state index in [1.807, 2.05) is 24.3 Å². The molecule has 0 heterocycles. The molecule has 0 spiro atoms. The lowest BCUT2D eigenvalue weighted by Crippen LogP contribution is -2.41. The molecule has 0 saturated heterocycles. The van der Waals surface area contributed by atoms with Gasteiger partial charge in [-0.25, -0.2) is 0 Å². The molecule has 0 aliphatic heterocycles. The third-order valence-corrected chi connectivity index (χ3v) is 2.52. The molecule has 5 nitrogen and oxygen atoms in total. The zero-order valence-corrected chi connectivity index (χ0v) is 12.3. The van der Waals surface area contributed by atoms with Gasteiger partial charge in [0.25, 0.3) is 0 Å². The van der Waals surface area contributed by atoms with Gasteiger partial charge in [0.2, 0.25) is 5.91 Å². The second-order valence-electron chi connectivity index (χ2n) is 4.07. The number of hydrogen-bond donors (Lipinski definition) is 1. The van der Waals surface area contributed by atoms with Gasteiger partial charge >= 0.3 is 0 Å². The average molecular weight is 289 g/mol. The molecule has 108 valence electrons. The van der Waals surface area contributed by atoms with E-state index in [9.17, 15) is 4.79 Å². The van der Waals surface area contributed by atoms with Crippen LogP contribution in [0.5, 0.6) is 11.5 Å². The fraction of sp³-hybridized carbons (Fsp3) is 0.462. The number of methoxy groups -OCH3 is 1. The Balaban J connectivity index is 0.00000324. The maximum Gasteiger partial charge on any atom is 0.239 e. The van der Waals surface area contributed by atoms with E-state index in [1.165, 1.54) is 0 Å². The number of nitrogens with zero attached hydrogens (tertiary/aromatic N) is 1. The van der Waals surface area contributed by atoms with Crippen molar-refractivity contribution in [2.45, 2.75) is 13.0 Å². The Morgan fingerprint density at radius 1 is 1.32 bits per heavy atom. The lowest BCUT2D eigenvalue weighted by atomic mass is 10.3. The maximum atomic E-state index is 11.5. The van der Waals surface area contributed by atoms with E-state index in [0.717, 1.165) is 11.5 Å². The summed E-state index contributed by atoms with van der Waals surface area (Å²) in [6.45, 7) is 2.61. The number of benzene rings is 1. The molecule has 0 unspecified atom stereocenters. The van der Waals surface area contributed by atoms with Crippen molar-refractivity contribution in [2.75, 3.05) is 27.3 Å². The van der Waals surface area contributed by atoms with Gasteiger partial charge in [-0.3, -0.25) is 4.79 Å². The summed E-state index contributed by atoms with van der Waals surface area (Å²) in [5.74, 6) is 1.44. The molecule has 1 aromatic rings. The molecule has 1 rings (SSSR count). The van der Waals surface area contributed by atoms with Gasteiger partial charge in [-0.1, -0.05) is 0 Å². The Kier molecular flexibility index (Phi) is 7.95. The van der Waals surface area contributed by atoms with E-state index < -0.39 is 6.04 Å². The third-order valence-electron chi connectivity index (χ3n) is 2.52. The highest BCUT2D eigenvalue weighted by Crippen LogP contribution is 2.16. The number of carbonyl (C=O) groups is 1. The largest absolute Gasteiger partial charge is 0.497 e. The average Bonchev–Trinajstić information content (AvgIpc) is 2.38. The van der Waals surface area contributed by atoms with E-state index in [4.69, 9.17) is 15.2 Å². The topological polar surface area (TPSA) is 64.8 Å². The Hall–Kier alpha value is -1.46. The second-order valence-corrected chi connectivity index (χ2v) is 4.07. The molecule has 6 heteroatoms. The SMILES string of the molecule is COc1ccc(OCCN(C)C(=O)[C@@H](C)N)cc1.Cl. The first-order chi connectivity index (χ1) is 8.54. The highest BCUT2D eigenvalue weighted by molar-refractivity contribution is 5.85. The third kappa shape index (κ3) is 5.81. The molecule has 1 atom stereocenters. The number of carbonyl (C=O) groups excluding carboxylic acids is 1. The fourth-order valence-corrected chi connectivity index (χ4v) is 1.43. The molecule has 1 aromatic carbocycles. The molecule has 0 aliphatic carbocycles. The molecule has 0 radical (unpaired) electrons. The number of halogens is 1. The van der Waals surface area contributed by atoms with Crippen LogP contribution in [0.2, 0.25) is 0 Å². The van der Waals surface area contributed by atoms with Crippen molar-refractivity contribution in [3.63, 3.8) is 0 Å². The smallest absolute Gasteiger partial charge is 0.239 e. The predicted molar refractivity (Wildman–Crippen MR) is 77.0 cm³/mol. The van der Waals surface area contributed by atoms with Gasteiger partial charge in [-0.15, -0.1) is 12.4 Å². The number of amides is 1. The standard InChI is InChI=1S/C13H20N2O3.ClH/c1-10(14)13(16)15(2)8-9-18-12-6-4-11(17-3)5-7-12;/h4-7,10H,8-9,14H2,1-3H3;1H/t10-;/m1./s1. The first-order valence-electron chi connectivity index (χ1n) is 5.82. The summed E-state index contributed by atoms with van der Waals surface area (Å²) in [4.78, 5) is 13.1. The Morgan fingerprint density at radius 3 is 2.32 bits per heavy atom. The fourth-order valence-electron chi connectivity index (χ4n) is 1.43. The Labute approximate surface area is 120 Å². The number of rotatable bonds is 6. The van der Waals surface area contributed by atoms with Crippen LogP contribution >= 0.6 is 12.4 Å². The van der Waals surface area contributed by atoms with Gasteiger partial charge in [0, 0.05) is 7.05 Å². The summed E-state index contributed by atoms with van der Waals surface area (Å²) in [5, 5.41) is 0. The minimum Gasteiger partial charge on any atom is -0.497 e. The van der Waals surface area contributed by atoms with Crippen molar-refractivity contribution in [2.24, 2.45) is 5.73 Å². The normalized spacial score (nSPS) is 11.2. The minimum atomic E-state index is -0.476. The molecular formula is C13H21ClN2O3. The van der Waals surface area contributed by atoms with Crippen LogP contribution in [0.25, 0.3) is 0 Å². The first kappa shape index (κ1) is 17.5. The van der Waals surface area contributed by atoms with Crippen LogP contribution in [0.15, 0.2) is 24.3 Å². The van der Waals surface area contributed by atoms with Gasteiger partial charge in [0.05, 0.1) is 19.7 Å². The van der Waals surface area contributed by atoms with E-state index in [0.29, 0.717) is 13.2 Å². The highest BCUT2D eigenvalue weighted by Gasteiger charge is 2.12. The van der Waals surface area contributed by atoms with Gasteiger partial charge in [0.1, 0.15) is 18.1 Å². The molecule has 0 bridgehead atoms. The van der Waals surface area contributed by atoms with E-state index in [1.54, 1.807) is 26.0 Å². The minimum absolute atomic E-state index is 0. The molecule has 0 fully saturated rings. The summed E-state index contributed by atoms with van der Waals surface area (Å²) in [6.07, 6.45) is 0. The van der Waals surface area contributed by atoms with Gasteiger partial charge in [0.15, 0.2) is 0 Å².